The molecular formula is C15H27N3O3. The van der Waals surface area contributed by atoms with Crippen LogP contribution in [0.4, 0.5) is 0 Å². The minimum Gasteiger partial charge on any atom is -0.355 e. The molecule has 1 unspecified atom stereocenters. The first-order valence-electron chi connectivity index (χ1n) is 7.76. The Labute approximate surface area is 126 Å². The lowest BCUT2D eigenvalue weighted by molar-refractivity contribution is -0.141. The lowest BCUT2D eigenvalue weighted by atomic mass is 10.1. The maximum Gasteiger partial charge on any atom is 0.247 e. The third-order valence-corrected chi connectivity index (χ3v) is 3.71. The van der Waals surface area contributed by atoms with Gasteiger partial charge in [0.15, 0.2) is 0 Å². The number of nitrogens with one attached hydrogen (secondary N) is 2. The molecule has 0 aliphatic carbocycles. The second-order valence-electron chi connectivity index (χ2n) is 5.91. The van der Waals surface area contributed by atoms with E-state index in [-0.39, 0.29) is 36.7 Å². The highest BCUT2D eigenvalue weighted by Crippen LogP contribution is 2.19. The van der Waals surface area contributed by atoms with Crippen LogP contribution in [0.1, 0.15) is 47.0 Å². The summed E-state index contributed by atoms with van der Waals surface area (Å²) in [4.78, 5) is 37.2. The second kappa shape index (κ2) is 8.12. The molecule has 1 aliphatic rings. The minimum atomic E-state index is -0.567. The number of carbonyl (C=O) groups is 3. The van der Waals surface area contributed by atoms with Gasteiger partial charge in [0.25, 0.3) is 0 Å². The summed E-state index contributed by atoms with van der Waals surface area (Å²) in [6.07, 6.45) is 1.66. The van der Waals surface area contributed by atoms with Crippen LogP contribution in [0.15, 0.2) is 0 Å². The quantitative estimate of drug-likeness (QED) is 0.645. The van der Waals surface area contributed by atoms with Crippen LogP contribution >= 0.6 is 0 Å². The molecule has 21 heavy (non-hydrogen) atoms. The average molecular weight is 297 g/mol. The summed E-state index contributed by atoms with van der Waals surface area (Å²) >= 11 is 0. The van der Waals surface area contributed by atoms with Crippen molar-refractivity contribution in [3.8, 4) is 0 Å². The average Bonchev–Trinajstić information content (AvgIpc) is 2.72. The molecule has 0 aromatic carbocycles. The lowest BCUT2D eigenvalue weighted by Gasteiger charge is -2.24. The second-order valence-corrected chi connectivity index (χ2v) is 5.91. The molecule has 1 aliphatic heterocycles. The Morgan fingerprint density at radius 1 is 1.29 bits per heavy atom. The highest BCUT2D eigenvalue weighted by Gasteiger charge is 2.41. The van der Waals surface area contributed by atoms with Crippen molar-refractivity contribution in [1.29, 1.82) is 0 Å². The summed E-state index contributed by atoms with van der Waals surface area (Å²) in [5.74, 6) is -0.113. The monoisotopic (exact) mass is 297 g/mol. The largest absolute Gasteiger partial charge is 0.355 e. The Bertz CT molecular complexity index is 392. The summed E-state index contributed by atoms with van der Waals surface area (Å²) in [6, 6.07) is -0.602. The molecule has 1 fully saturated rings. The molecule has 6 nitrogen and oxygen atoms in total. The molecule has 6 heteroatoms. The number of imide groups is 1. The smallest absolute Gasteiger partial charge is 0.247 e. The summed E-state index contributed by atoms with van der Waals surface area (Å²) in [5.41, 5.74) is 0. The molecule has 0 bridgehead atoms. The van der Waals surface area contributed by atoms with Crippen LogP contribution in [0.3, 0.4) is 0 Å². The van der Waals surface area contributed by atoms with Crippen molar-refractivity contribution in [2.24, 2.45) is 5.92 Å². The van der Waals surface area contributed by atoms with Crippen LogP contribution in [-0.4, -0.2) is 47.8 Å². The molecule has 1 rings (SSSR count). The predicted molar refractivity (Wildman–Crippen MR) is 80.5 cm³/mol. The van der Waals surface area contributed by atoms with Crippen LogP contribution in [0.25, 0.3) is 0 Å². The van der Waals surface area contributed by atoms with Crippen molar-refractivity contribution < 1.29 is 14.4 Å². The molecular weight excluding hydrogens is 270 g/mol. The summed E-state index contributed by atoms with van der Waals surface area (Å²) in [5, 5.41) is 5.67. The molecule has 0 aromatic rings. The molecule has 120 valence electrons. The molecule has 0 aromatic heterocycles. The highest BCUT2D eigenvalue weighted by molar-refractivity contribution is 6.06. The van der Waals surface area contributed by atoms with Crippen LogP contribution in [0, 0.1) is 5.92 Å². The van der Waals surface area contributed by atoms with Crippen LogP contribution in [0.2, 0.25) is 0 Å². The van der Waals surface area contributed by atoms with E-state index < -0.39 is 6.04 Å². The van der Waals surface area contributed by atoms with Crippen molar-refractivity contribution in [2.45, 2.75) is 59.0 Å². The fourth-order valence-corrected chi connectivity index (χ4v) is 2.44. The van der Waals surface area contributed by atoms with Gasteiger partial charge >= 0.3 is 0 Å². The molecule has 0 saturated carbocycles. The Morgan fingerprint density at radius 3 is 2.43 bits per heavy atom. The normalized spacial score (nSPS) is 19.0. The van der Waals surface area contributed by atoms with E-state index in [1.807, 2.05) is 27.7 Å². The number of carbonyl (C=O) groups excluding carboxylic acids is 3. The van der Waals surface area contributed by atoms with Crippen LogP contribution < -0.4 is 10.6 Å². The first-order chi connectivity index (χ1) is 9.90. The van der Waals surface area contributed by atoms with E-state index in [2.05, 4.69) is 10.6 Å². The van der Waals surface area contributed by atoms with E-state index in [0.29, 0.717) is 12.5 Å². The Balaban J connectivity index is 2.49. The van der Waals surface area contributed by atoms with E-state index in [1.54, 1.807) is 0 Å². The zero-order valence-electron chi connectivity index (χ0n) is 13.4. The number of hydrogen-bond acceptors (Lipinski definition) is 4. The van der Waals surface area contributed by atoms with Gasteiger partial charge in [0.2, 0.25) is 17.7 Å². The molecule has 1 heterocycles. The van der Waals surface area contributed by atoms with E-state index in [0.717, 1.165) is 12.8 Å². The lowest BCUT2D eigenvalue weighted by Crippen LogP contribution is -2.46. The van der Waals surface area contributed by atoms with Crippen molar-refractivity contribution >= 4 is 17.7 Å². The van der Waals surface area contributed by atoms with Gasteiger partial charge in [0, 0.05) is 12.6 Å². The Morgan fingerprint density at radius 2 is 1.90 bits per heavy atom. The van der Waals surface area contributed by atoms with E-state index in [1.165, 1.54) is 4.90 Å². The number of likely N-dealkylation sites (tertiary alicyclic amines) is 1. The Hall–Kier alpha value is -1.43. The van der Waals surface area contributed by atoms with Gasteiger partial charge in [-0.05, 0) is 18.8 Å². The van der Waals surface area contributed by atoms with Gasteiger partial charge in [-0.25, -0.2) is 0 Å². The number of nitrogens with zero attached hydrogens (tertiary/aromatic N) is 1. The fourth-order valence-electron chi connectivity index (χ4n) is 2.44. The van der Waals surface area contributed by atoms with Gasteiger partial charge in [-0.3, -0.25) is 24.6 Å². The summed E-state index contributed by atoms with van der Waals surface area (Å²) < 4.78 is 0. The molecule has 1 atom stereocenters. The maximum atomic E-state index is 12.3. The highest BCUT2D eigenvalue weighted by atomic mass is 16.2. The van der Waals surface area contributed by atoms with Crippen molar-refractivity contribution in [3.05, 3.63) is 0 Å². The number of amides is 3. The maximum absolute atomic E-state index is 12.3. The number of hydrogen-bond donors (Lipinski definition) is 2. The van der Waals surface area contributed by atoms with Gasteiger partial charge in [0.1, 0.15) is 0 Å². The van der Waals surface area contributed by atoms with Gasteiger partial charge in [-0.2, -0.15) is 0 Å². The third-order valence-electron chi connectivity index (χ3n) is 3.71. The SMILES string of the molecule is CCC(CC)N1C(=O)CC(NCC(=O)NCC(C)C)C1=O. The molecule has 0 spiro atoms. The van der Waals surface area contributed by atoms with Crippen molar-refractivity contribution in [3.63, 3.8) is 0 Å². The van der Waals surface area contributed by atoms with Gasteiger partial charge in [-0.1, -0.05) is 27.7 Å². The minimum absolute atomic E-state index is 0.0356. The first kappa shape index (κ1) is 17.6. The van der Waals surface area contributed by atoms with Gasteiger partial charge in [-0.15, -0.1) is 0 Å². The predicted octanol–water partition coefficient (Wildman–Crippen LogP) is 0.664. The molecule has 2 N–H and O–H groups in total. The topological polar surface area (TPSA) is 78.5 Å². The molecule has 1 saturated heterocycles. The third kappa shape index (κ3) is 4.81. The molecule has 0 radical (unpaired) electrons. The van der Waals surface area contributed by atoms with Crippen molar-refractivity contribution in [1.82, 2.24) is 15.5 Å². The summed E-state index contributed by atoms with van der Waals surface area (Å²) in [6.45, 7) is 8.63. The summed E-state index contributed by atoms with van der Waals surface area (Å²) in [7, 11) is 0. The van der Waals surface area contributed by atoms with E-state index >= 15 is 0 Å². The van der Waals surface area contributed by atoms with Crippen LogP contribution in [0.5, 0.6) is 0 Å². The Kier molecular flexibility index (Phi) is 6.81. The first-order valence-corrected chi connectivity index (χ1v) is 7.76. The molecule has 3 amide bonds. The van der Waals surface area contributed by atoms with Crippen molar-refractivity contribution in [2.75, 3.05) is 13.1 Å². The standard InChI is InChI=1S/C15H27N3O3/c1-5-11(6-2)18-14(20)7-12(15(18)21)16-9-13(19)17-8-10(3)4/h10-12,16H,5-9H2,1-4H3,(H,17,19). The zero-order chi connectivity index (χ0) is 16.0. The van der Waals surface area contributed by atoms with Gasteiger partial charge < -0.3 is 5.32 Å². The van der Waals surface area contributed by atoms with E-state index in [4.69, 9.17) is 0 Å². The van der Waals surface area contributed by atoms with Crippen LogP contribution in [-0.2, 0) is 14.4 Å². The fraction of sp³-hybridized carbons (Fsp3) is 0.800. The number of rotatable bonds is 8. The van der Waals surface area contributed by atoms with Gasteiger partial charge in [0.05, 0.1) is 19.0 Å². The van der Waals surface area contributed by atoms with E-state index in [9.17, 15) is 14.4 Å². The zero-order valence-corrected chi connectivity index (χ0v) is 13.4.